The molecule has 0 spiro atoms. The fraction of sp³-hybridized carbons (Fsp3) is 0.692. The maximum absolute atomic E-state index is 12.0. The first kappa shape index (κ1) is 17.6. The van der Waals surface area contributed by atoms with Crippen molar-refractivity contribution in [1.29, 1.82) is 0 Å². The Morgan fingerprint density at radius 3 is 2.43 bits per heavy atom. The zero-order valence-corrected chi connectivity index (χ0v) is 13.5. The Kier molecular flexibility index (Phi) is 5.16. The maximum atomic E-state index is 12.0. The van der Waals surface area contributed by atoms with E-state index in [0.29, 0.717) is 0 Å². The van der Waals surface area contributed by atoms with Gasteiger partial charge in [-0.05, 0) is 34.1 Å². The molecular formula is C13H22N2O5S. The van der Waals surface area contributed by atoms with E-state index < -0.39 is 26.8 Å². The Labute approximate surface area is 125 Å². The molecular weight excluding hydrogens is 296 g/mol. The van der Waals surface area contributed by atoms with Gasteiger partial charge in [-0.2, -0.15) is 8.42 Å². The summed E-state index contributed by atoms with van der Waals surface area (Å²) in [6.45, 7) is 7.00. The molecule has 0 radical (unpaired) electrons. The van der Waals surface area contributed by atoms with Crippen LogP contribution in [0, 0.1) is 0 Å². The average Bonchev–Trinajstić information content (AvgIpc) is 2.56. The van der Waals surface area contributed by atoms with Gasteiger partial charge in [-0.25, -0.2) is 0 Å². The van der Waals surface area contributed by atoms with E-state index in [0.717, 1.165) is 0 Å². The summed E-state index contributed by atoms with van der Waals surface area (Å²) in [7, 11) is -4.53. The fourth-order valence-corrected chi connectivity index (χ4v) is 2.79. The average molecular weight is 318 g/mol. The third kappa shape index (κ3) is 5.13. The van der Waals surface area contributed by atoms with E-state index in [1.54, 1.807) is 33.8 Å². The molecule has 1 heterocycles. The molecule has 2 atom stereocenters. The number of amides is 2. The van der Waals surface area contributed by atoms with E-state index in [2.05, 4.69) is 5.32 Å². The molecule has 1 rings (SSSR count). The standard InChI is InChI=1S/C13H22N2O5S/c1-9-5-6-11(16)15(9)8-7-10(21(18,19)20)12(17)14-13(2,3)4/h5-6,9-10H,7-8H2,1-4H3,(H,14,17)(H,18,19,20). The van der Waals surface area contributed by atoms with Crippen molar-refractivity contribution in [3.63, 3.8) is 0 Å². The lowest BCUT2D eigenvalue weighted by Gasteiger charge is -2.26. The Morgan fingerprint density at radius 1 is 1.48 bits per heavy atom. The highest BCUT2D eigenvalue weighted by Crippen LogP contribution is 2.15. The number of hydrogen-bond acceptors (Lipinski definition) is 4. The number of nitrogens with one attached hydrogen (secondary N) is 1. The van der Waals surface area contributed by atoms with E-state index in [-0.39, 0.29) is 24.9 Å². The summed E-state index contributed by atoms with van der Waals surface area (Å²) in [5.41, 5.74) is -0.613. The van der Waals surface area contributed by atoms with E-state index >= 15 is 0 Å². The Hall–Kier alpha value is -1.41. The summed E-state index contributed by atoms with van der Waals surface area (Å²) in [6, 6.07) is -0.148. The van der Waals surface area contributed by atoms with Crippen molar-refractivity contribution in [3.05, 3.63) is 12.2 Å². The molecule has 0 saturated heterocycles. The second-order valence-electron chi connectivity index (χ2n) is 6.16. The SMILES string of the molecule is CC1C=CC(=O)N1CCC(C(=O)NC(C)(C)C)S(=O)(=O)O. The van der Waals surface area contributed by atoms with Crippen LogP contribution in [0.2, 0.25) is 0 Å². The molecule has 1 aliphatic rings. The van der Waals surface area contributed by atoms with Gasteiger partial charge in [0.05, 0.1) is 0 Å². The first-order chi connectivity index (χ1) is 9.42. The minimum absolute atomic E-state index is 0.0784. The molecule has 0 aliphatic carbocycles. The van der Waals surface area contributed by atoms with Crippen molar-refractivity contribution >= 4 is 21.9 Å². The second kappa shape index (κ2) is 6.15. The Bertz CT molecular complexity index is 547. The lowest BCUT2D eigenvalue weighted by Crippen LogP contribution is -2.49. The van der Waals surface area contributed by atoms with Crippen LogP contribution in [0.25, 0.3) is 0 Å². The molecule has 7 nitrogen and oxygen atoms in total. The third-order valence-electron chi connectivity index (χ3n) is 3.07. The predicted octanol–water partition coefficient (Wildman–Crippen LogP) is 0.335. The van der Waals surface area contributed by atoms with E-state index in [1.807, 2.05) is 0 Å². The molecule has 0 aromatic rings. The minimum Gasteiger partial charge on any atom is -0.350 e. The van der Waals surface area contributed by atoms with Crippen molar-refractivity contribution in [2.24, 2.45) is 0 Å². The molecule has 0 saturated carbocycles. The number of rotatable bonds is 5. The molecule has 120 valence electrons. The predicted molar refractivity (Wildman–Crippen MR) is 78.2 cm³/mol. The number of carbonyl (C=O) groups is 2. The molecule has 1 aliphatic heterocycles. The van der Waals surface area contributed by atoms with Gasteiger partial charge < -0.3 is 10.2 Å². The fourth-order valence-electron chi connectivity index (χ4n) is 2.06. The summed E-state index contributed by atoms with van der Waals surface area (Å²) in [6.07, 6.45) is 2.95. The van der Waals surface area contributed by atoms with Gasteiger partial charge in [0.15, 0.2) is 5.25 Å². The van der Waals surface area contributed by atoms with Gasteiger partial charge in [0, 0.05) is 24.2 Å². The van der Waals surface area contributed by atoms with E-state index in [9.17, 15) is 22.6 Å². The van der Waals surface area contributed by atoms with Crippen LogP contribution in [0.4, 0.5) is 0 Å². The van der Waals surface area contributed by atoms with Gasteiger partial charge in [-0.1, -0.05) is 6.08 Å². The largest absolute Gasteiger partial charge is 0.350 e. The lowest BCUT2D eigenvalue weighted by atomic mass is 10.1. The van der Waals surface area contributed by atoms with Crippen LogP contribution < -0.4 is 5.32 Å². The van der Waals surface area contributed by atoms with Crippen LogP contribution in [-0.2, 0) is 19.7 Å². The van der Waals surface area contributed by atoms with Crippen LogP contribution in [0.3, 0.4) is 0 Å². The van der Waals surface area contributed by atoms with Crippen LogP contribution in [0.5, 0.6) is 0 Å². The van der Waals surface area contributed by atoms with E-state index in [4.69, 9.17) is 0 Å². The summed E-state index contributed by atoms with van der Waals surface area (Å²) in [5.74, 6) is -0.995. The highest BCUT2D eigenvalue weighted by atomic mass is 32.2. The maximum Gasteiger partial charge on any atom is 0.277 e. The van der Waals surface area contributed by atoms with Crippen molar-refractivity contribution in [3.8, 4) is 0 Å². The summed E-state index contributed by atoms with van der Waals surface area (Å²) in [4.78, 5) is 25.0. The van der Waals surface area contributed by atoms with Crippen LogP contribution in [0.15, 0.2) is 12.2 Å². The zero-order chi connectivity index (χ0) is 16.4. The molecule has 0 bridgehead atoms. The summed E-state index contributed by atoms with van der Waals surface area (Å²) in [5, 5.41) is 0.941. The zero-order valence-electron chi connectivity index (χ0n) is 12.7. The van der Waals surface area contributed by atoms with Crippen molar-refractivity contribution < 1.29 is 22.6 Å². The van der Waals surface area contributed by atoms with Gasteiger partial charge in [-0.15, -0.1) is 0 Å². The molecule has 2 N–H and O–H groups in total. The van der Waals surface area contributed by atoms with Crippen LogP contribution in [0.1, 0.15) is 34.1 Å². The molecule has 0 fully saturated rings. The first-order valence-electron chi connectivity index (χ1n) is 6.69. The summed E-state index contributed by atoms with van der Waals surface area (Å²) < 4.78 is 32.0. The van der Waals surface area contributed by atoms with Crippen molar-refractivity contribution in [2.45, 2.75) is 50.9 Å². The smallest absolute Gasteiger partial charge is 0.277 e. The van der Waals surface area contributed by atoms with Gasteiger partial charge in [0.1, 0.15) is 0 Å². The van der Waals surface area contributed by atoms with Crippen molar-refractivity contribution in [2.75, 3.05) is 6.54 Å². The molecule has 0 aromatic heterocycles. The van der Waals surface area contributed by atoms with Crippen LogP contribution >= 0.6 is 0 Å². The quantitative estimate of drug-likeness (QED) is 0.711. The number of nitrogens with zero attached hydrogens (tertiary/aromatic N) is 1. The molecule has 2 amide bonds. The second-order valence-corrected chi connectivity index (χ2v) is 7.76. The normalized spacial score (nSPS) is 20.7. The lowest BCUT2D eigenvalue weighted by molar-refractivity contribution is -0.127. The van der Waals surface area contributed by atoms with Crippen LogP contribution in [-0.4, -0.2) is 53.1 Å². The van der Waals surface area contributed by atoms with Gasteiger partial charge in [0.2, 0.25) is 11.8 Å². The van der Waals surface area contributed by atoms with Gasteiger partial charge in [-0.3, -0.25) is 14.1 Å². The van der Waals surface area contributed by atoms with Crippen molar-refractivity contribution in [1.82, 2.24) is 10.2 Å². The van der Waals surface area contributed by atoms with E-state index in [1.165, 1.54) is 11.0 Å². The van der Waals surface area contributed by atoms with Gasteiger partial charge >= 0.3 is 0 Å². The highest BCUT2D eigenvalue weighted by molar-refractivity contribution is 7.87. The topological polar surface area (TPSA) is 104 Å². The monoisotopic (exact) mass is 318 g/mol. The van der Waals surface area contributed by atoms with Gasteiger partial charge in [0.25, 0.3) is 10.1 Å². The summed E-state index contributed by atoms with van der Waals surface area (Å²) >= 11 is 0. The molecule has 2 unspecified atom stereocenters. The molecule has 21 heavy (non-hydrogen) atoms. The first-order valence-corrected chi connectivity index (χ1v) is 8.19. The highest BCUT2D eigenvalue weighted by Gasteiger charge is 2.34. The molecule has 8 heteroatoms. The Balaban J connectivity index is 2.77. The number of carbonyl (C=O) groups excluding carboxylic acids is 2. The number of hydrogen-bond donors (Lipinski definition) is 2. The third-order valence-corrected chi connectivity index (χ3v) is 4.24. The Morgan fingerprint density at radius 2 is 2.05 bits per heavy atom. The molecule has 0 aromatic carbocycles. The minimum atomic E-state index is -4.53.